The van der Waals surface area contributed by atoms with Gasteiger partial charge in [0.2, 0.25) is 5.95 Å². The summed E-state index contributed by atoms with van der Waals surface area (Å²) >= 11 is 0. The average molecular weight is 328 g/mol. The molecule has 4 rings (SSSR count). The second kappa shape index (κ2) is 6.97. The molecule has 1 aromatic heterocycles. The zero-order chi connectivity index (χ0) is 16.9. The van der Waals surface area contributed by atoms with E-state index in [1.807, 2.05) is 36.4 Å². The summed E-state index contributed by atoms with van der Waals surface area (Å²) in [6.45, 7) is 0.495. The topological polar surface area (TPSA) is 63.2 Å². The van der Waals surface area contributed by atoms with Gasteiger partial charge in [-0.05, 0) is 28.5 Å². The lowest BCUT2D eigenvalue weighted by molar-refractivity contribution is 0.307. The minimum absolute atomic E-state index is 0.462. The number of hydrogen-bond acceptors (Lipinski definition) is 4. The highest BCUT2D eigenvalue weighted by molar-refractivity contribution is 5.86. The third-order valence-electron chi connectivity index (χ3n) is 3.91. The first kappa shape index (κ1) is 15.1. The van der Waals surface area contributed by atoms with Crippen LogP contribution in [0.1, 0.15) is 11.1 Å². The molecule has 0 saturated carbocycles. The van der Waals surface area contributed by atoms with Crippen molar-refractivity contribution in [3.05, 3.63) is 84.2 Å². The Morgan fingerprint density at radius 2 is 1.80 bits per heavy atom. The minimum atomic E-state index is 0.462. The molecule has 0 fully saturated rings. The number of H-pyrrole nitrogens is 1. The van der Waals surface area contributed by atoms with Crippen molar-refractivity contribution in [1.29, 1.82) is 0 Å². The smallest absolute Gasteiger partial charge is 0.245 e. The molecule has 0 radical (unpaired) electrons. The van der Waals surface area contributed by atoms with E-state index in [1.54, 1.807) is 6.21 Å². The number of nitrogens with zero attached hydrogens (tertiary/aromatic N) is 3. The Morgan fingerprint density at radius 3 is 2.72 bits per heavy atom. The molecule has 0 amide bonds. The average Bonchev–Trinajstić information content (AvgIpc) is 3.19. The van der Waals surface area contributed by atoms with E-state index in [0.717, 1.165) is 16.9 Å². The Labute approximate surface area is 145 Å². The summed E-state index contributed by atoms with van der Waals surface area (Å²) in [5.74, 6) is 1.24. The molecule has 1 heterocycles. The number of rotatable bonds is 5. The zero-order valence-electron chi connectivity index (χ0n) is 13.5. The van der Waals surface area contributed by atoms with E-state index in [9.17, 15) is 0 Å². The SMILES string of the molecule is C(=N\c1ncn[nH]1)/c1ccccc1OCc1cccc2ccccc12. The van der Waals surface area contributed by atoms with Crippen molar-refractivity contribution in [1.82, 2.24) is 15.2 Å². The first-order valence-corrected chi connectivity index (χ1v) is 7.98. The quantitative estimate of drug-likeness (QED) is 0.556. The van der Waals surface area contributed by atoms with Gasteiger partial charge in [-0.2, -0.15) is 10.1 Å². The number of hydrogen-bond donors (Lipinski definition) is 1. The molecule has 0 atom stereocenters. The maximum absolute atomic E-state index is 6.06. The molecule has 4 aromatic rings. The molecule has 5 nitrogen and oxygen atoms in total. The van der Waals surface area contributed by atoms with E-state index < -0.39 is 0 Å². The maximum atomic E-state index is 6.06. The van der Waals surface area contributed by atoms with Crippen molar-refractivity contribution in [3.8, 4) is 5.75 Å². The number of nitrogens with one attached hydrogen (secondary N) is 1. The van der Waals surface area contributed by atoms with E-state index in [1.165, 1.54) is 17.1 Å². The van der Waals surface area contributed by atoms with Crippen LogP contribution in [0.5, 0.6) is 5.75 Å². The summed E-state index contributed by atoms with van der Waals surface area (Å²) in [6.07, 6.45) is 3.15. The summed E-state index contributed by atoms with van der Waals surface area (Å²) in [4.78, 5) is 8.25. The van der Waals surface area contributed by atoms with E-state index >= 15 is 0 Å². The molecular formula is C20H16N4O. The Morgan fingerprint density at radius 1 is 0.960 bits per heavy atom. The van der Waals surface area contributed by atoms with Gasteiger partial charge >= 0.3 is 0 Å². The number of aromatic nitrogens is 3. The number of ether oxygens (including phenoxy) is 1. The van der Waals surface area contributed by atoms with Gasteiger partial charge in [0, 0.05) is 11.8 Å². The van der Waals surface area contributed by atoms with Crippen LogP contribution in [0.25, 0.3) is 10.8 Å². The van der Waals surface area contributed by atoms with Gasteiger partial charge in [-0.1, -0.05) is 54.6 Å². The van der Waals surface area contributed by atoms with Crippen LogP contribution >= 0.6 is 0 Å². The largest absolute Gasteiger partial charge is 0.488 e. The summed E-state index contributed by atoms with van der Waals surface area (Å²) in [6, 6.07) is 22.4. The monoisotopic (exact) mass is 328 g/mol. The third-order valence-corrected chi connectivity index (χ3v) is 3.91. The Bertz CT molecular complexity index is 1000. The fourth-order valence-electron chi connectivity index (χ4n) is 2.68. The van der Waals surface area contributed by atoms with Gasteiger partial charge in [0.15, 0.2) is 0 Å². The molecular weight excluding hydrogens is 312 g/mol. The van der Waals surface area contributed by atoms with Crippen LogP contribution in [-0.4, -0.2) is 21.4 Å². The van der Waals surface area contributed by atoms with Crippen LogP contribution in [0.4, 0.5) is 5.95 Å². The predicted molar refractivity (Wildman–Crippen MR) is 98.4 cm³/mol. The van der Waals surface area contributed by atoms with Gasteiger partial charge in [0.05, 0.1) is 0 Å². The summed E-state index contributed by atoms with van der Waals surface area (Å²) in [5, 5.41) is 8.90. The predicted octanol–water partition coefficient (Wildman–Crippen LogP) is 4.29. The Balaban J connectivity index is 1.57. The van der Waals surface area contributed by atoms with Crippen LogP contribution < -0.4 is 4.74 Å². The van der Waals surface area contributed by atoms with Gasteiger partial charge < -0.3 is 4.74 Å². The van der Waals surface area contributed by atoms with Crippen molar-refractivity contribution in [2.75, 3.05) is 0 Å². The van der Waals surface area contributed by atoms with Crippen molar-refractivity contribution in [3.63, 3.8) is 0 Å². The molecule has 0 aliphatic carbocycles. The summed E-state index contributed by atoms with van der Waals surface area (Å²) < 4.78 is 6.06. The van der Waals surface area contributed by atoms with Crippen LogP contribution in [0.3, 0.4) is 0 Å². The maximum Gasteiger partial charge on any atom is 0.245 e. The standard InChI is InChI=1S/C20H16N4O/c1-3-10-18-15(6-1)8-5-9-17(18)13-25-19-11-4-2-7-16(19)12-21-20-22-14-23-24-20/h1-12,14H,13H2,(H,22,23,24)/b21-12+. The van der Waals surface area contributed by atoms with Gasteiger partial charge in [-0.15, -0.1) is 0 Å². The molecule has 5 heteroatoms. The third kappa shape index (κ3) is 3.40. The van der Waals surface area contributed by atoms with Crippen LogP contribution in [-0.2, 0) is 6.61 Å². The lowest BCUT2D eigenvalue weighted by Gasteiger charge is -2.11. The van der Waals surface area contributed by atoms with E-state index in [-0.39, 0.29) is 0 Å². The van der Waals surface area contributed by atoms with E-state index in [2.05, 4.69) is 50.5 Å². The molecule has 0 saturated heterocycles. The first-order valence-electron chi connectivity index (χ1n) is 7.98. The van der Waals surface area contributed by atoms with E-state index in [0.29, 0.717) is 12.6 Å². The highest BCUT2D eigenvalue weighted by Crippen LogP contribution is 2.22. The molecule has 0 spiro atoms. The van der Waals surface area contributed by atoms with Gasteiger partial charge in [-0.25, -0.2) is 10.1 Å². The second-order valence-corrected chi connectivity index (χ2v) is 5.53. The lowest BCUT2D eigenvalue weighted by Crippen LogP contribution is -1.99. The van der Waals surface area contributed by atoms with Gasteiger partial charge in [0.1, 0.15) is 18.7 Å². The fourth-order valence-corrected chi connectivity index (χ4v) is 2.68. The molecule has 0 bridgehead atoms. The van der Waals surface area contributed by atoms with Crippen molar-refractivity contribution in [2.24, 2.45) is 4.99 Å². The van der Waals surface area contributed by atoms with Crippen LogP contribution in [0, 0.1) is 0 Å². The van der Waals surface area contributed by atoms with Crippen LogP contribution in [0.15, 0.2) is 78.0 Å². The number of fused-ring (bicyclic) bond motifs is 1. The highest BCUT2D eigenvalue weighted by Gasteiger charge is 2.04. The van der Waals surface area contributed by atoms with Crippen molar-refractivity contribution in [2.45, 2.75) is 6.61 Å². The zero-order valence-corrected chi connectivity index (χ0v) is 13.5. The molecule has 0 unspecified atom stereocenters. The molecule has 122 valence electrons. The molecule has 1 N–H and O–H groups in total. The normalized spacial score (nSPS) is 11.2. The number of para-hydroxylation sites is 1. The lowest BCUT2D eigenvalue weighted by atomic mass is 10.1. The second-order valence-electron chi connectivity index (χ2n) is 5.53. The number of aliphatic imine (C=N–C) groups is 1. The van der Waals surface area contributed by atoms with Crippen LogP contribution in [0.2, 0.25) is 0 Å². The van der Waals surface area contributed by atoms with Crippen molar-refractivity contribution < 1.29 is 4.74 Å². The first-order chi connectivity index (χ1) is 12.4. The minimum Gasteiger partial charge on any atom is -0.488 e. The van der Waals surface area contributed by atoms with Gasteiger partial charge in [0.25, 0.3) is 0 Å². The Hall–Kier alpha value is -3.47. The molecule has 25 heavy (non-hydrogen) atoms. The molecule has 3 aromatic carbocycles. The summed E-state index contributed by atoms with van der Waals surface area (Å²) in [5.41, 5.74) is 2.04. The van der Waals surface area contributed by atoms with E-state index in [4.69, 9.17) is 4.74 Å². The van der Waals surface area contributed by atoms with Crippen molar-refractivity contribution >= 4 is 22.9 Å². The Kier molecular flexibility index (Phi) is 4.20. The number of benzene rings is 3. The molecule has 0 aliphatic heterocycles. The highest BCUT2D eigenvalue weighted by atomic mass is 16.5. The molecule has 0 aliphatic rings. The van der Waals surface area contributed by atoms with Gasteiger partial charge in [-0.3, -0.25) is 0 Å². The number of aromatic amines is 1. The fraction of sp³-hybridized carbons (Fsp3) is 0.0500. The summed E-state index contributed by atoms with van der Waals surface area (Å²) in [7, 11) is 0.